The van der Waals surface area contributed by atoms with Crippen molar-refractivity contribution < 1.29 is 26.7 Å². The number of hydrogen-bond donors (Lipinski definition) is 1. The van der Waals surface area contributed by atoms with Gasteiger partial charge in [0.15, 0.2) is 10.3 Å². The lowest BCUT2D eigenvalue weighted by molar-refractivity contribution is 0.211. The number of halogens is 3. The highest BCUT2D eigenvalue weighted by Gasteiger charge is 2.24. The number of thiophene rings is 1. The van der Waals surface area contributed by atoms with Gasteiger partial charge in [-0.15, -0.1) is 11.3 Å². The topological polar surface area (TPSA) is 90.3 Å². The van der Waals surface area contributed by atoms with Crippen LogP contribution in [0.15, 0.2) is 63.3 Å². The van der Waals surface area contributed by atoms with Gasteiger partial charge >= 0.3 is 6.09 Å². The van der Waals surface area contributed by atoms with Crippen molar-refractivity contribution in [3.63, 3.8) is 0 Å². The van der Waals surface area contributed by atoms with E-state index in [4.69, 9.17) is 16.3 Å². The maximum atomic E-state index is 13.8. The van der Waals surface area contributed by atoms with Gasteiger partial charge in [-0.1, -0.05) is 35.1 Å². The van der Waals surface area contributed by atoms with Gasteiger partial charge in [-0.2, -0.15) is 4.39 Å². The van der Waals surface area contributed by atoms with Gasteiger partial charge in [0.1, 0.15) is 10.0 Å². The molecule has 3 heterocycles. The lowest BCUT2D eigenvalue weighted by Crippen LogP contribution is -2.18. The molecule has 166 valence electrons. The molecular formula is C19H12ClF2N3O4S3. The maximum Gasteiger partial charge on any atom is 0.420 e. The smallest absolute Gasteiger partial charge is 0.393 e. The molecule has 32 heavy (non-hydrogen) atoms. The molecule has 0 aliphatic carbocycles. The van der Waals surface area contributed by atoms with Crippen LogP contribution in [0, 0.1) is 10.9 Å². The predicted molar refractivity (Wildman–Crippen MR) is 116 cm³/mol. The van der Waals surface area contributed by atoms with Crippen LogP contribution in [0.4, 0.5) is 18.7 Å². The van der Waals surface area contributed by atoms with E-state index in [1.165, 1.54) is 35.0 Å². The van der Waals surface area contributed by atoms with Crippen LogP contribution in [0.5, 0.6) is 5.88 Å². The van der Waals surface area contributed by atoms with Crippen LogP contribution < -0.4 is 10.1 Å². The molecule has 0 spiro atoms. The van der Waals surface area contributed by atoms with Crippen LogP contribution in [0.2, 0.25) is 5.02 Å². The molecule has 4 aromatic rings. The van der Waals surface area contributed by atoms with Crippen LogP contribution in [0.1, 0.15) is 5.56 Å². The van der Waals surface area contributed by atoms with Crippen molar-refractivity contribution in [2.24, 2.45) is 0 Å². The molecule has 0 aliphatic heterocycles. The van der Waals surface area contributed by atoms with E-state index in [0.717, 1.165) is 17.5 Å². The maximum absolute atomic E-state index is 13.8. The second kappa shape index (κ2) is 8.98. The van der Waals surface area contributed by atoms with Crippen LogP contribution in [-0.4, -0.2) is 24.1 Å². The summed E-state index contributed by atoms with van der Waals surface area (Å²) in [5, 5.41) is 3.19. The van der Waals surface area contributed by atoms with E-state index in [2.05, 4.69) is 10.3 Å². The Morgan fingerprint density at radius 2 is 2.06 bits per heavy atom. The zero-order valence-electron chi connectivity index (χ0n) is 15.8. The number of amides is 1. The predicted octanol–water partition coefficient (Wildman–Crippen LogP) is 5.43. The second-order valence-corrected chi connectivity index (χ2v) is 10.8. The van der Waals surface area contributed by atoms with Crippen LogP contribution in [0.25, 0.3) is 0 Å². The van der Waals surface area contributed by atoms with E-state index in [0.29, 0.717) is 16.9 Å². The fourth-order valence-electron chi connectivity index (χ4n) is 2.70. The van der Waals surface area contributed by atoms with Gasteiger partial charge in [0.05, 0.1) is 22.7 Å². The Labute approximate surface area is 193 Å². The third kappa shape index (κ3) is 4.83. The minimum Gasteiger partial charge on any atom is -0.393 e. The number of carbonyl (C=O) groups is 1. The van der Waals surface area contributed by atoms with Gasteiger partial charge in [-0.3, -0.25) is 5.32 Å². The van der Waals surface area contributed by atoms with Gasteiger partial charge in [0.2, 0.25) is 15.7 Å². The average Bonchev–Trinajstić information content (AvgIpc) is 3.48. The Balaban J connectivity index is 1.66. The van der Waals surface area contributed by atoms with Crippen LogP contribution >= 0.6 is 34.3 Å². The summed E-state index contributed by atoms with van der Waals surface area (Å²) in [7, 11) is -3.86. The van der Waals surface area contributed by atoms with E-state index >= 15 is 0 Å². The standard InChI is InChI=1S/C19H12ClF2N3O4S3/c20-13-4-3-11(6-14(13)21)9-25-10-12(32(27,28)17-2-1-5-30-17)7-16(25)29-19(26)24-18-23-8-15(22)31-18/h1-8,10H,9H2,(H,23,24,26). The molecule has 3 aromatic heterocycles. The van der Waals surface area contributed by atoms with E-state index < -0.39 is 26.9 Å². The minimum absolute atomic E-state index is 0.0114. The highest BCUT2D eigenvalue weighted by Crippen LogP contribution is 2.30. The molecule has 0 unspecified atom stereocenters. The quantitative estimate of drug-likeness (QED) is 0.370. The summed E-state index contributed by atoms with van der Waals surface area (Å²) in [4.78, 5) is 15.8. The molecule has 0 saturated heterocycles. The zero-order valence-corrected chi connectivity index (χ0v) is 19.0. The number of thiazole rings is 1. The van der Waals surface area contributed by atoms with E-state index in [-0.39, 0.29) is 31.7 Å². The molecule has 4 rings (SSSR count). The lowest BCUT2D eigenvalue weighted by Gasteiger charge is -2.10. The summed E-state index contributed by atoms with van der Waals surface area (Å²) < 4.78 is 59.5. The molecular weight excluding hydrogens is 504 g/mol. The number of sulfone groups is 1. The number of anilines is 1. The van der Waals surface area contributed by atoms with Crippen molar-refractivity contribution in [2.75, 3.05) is 5.32 Å². The Bertz CT molecular complexity index is 1380. The third-order valence-electron chi connectivity index (χ3n) is 4.12. The summed E-state index contributed by atoms with van der Waals surface area (Å²) in [6.45, 7) is -0.0114. The van der Waals surface area contributed by atoms with Crippen molar-refractivity contribution in [1.82, 2.24) is 9.55 Å². The van der Waals surface area contributed by atoms with Gasteiger partial charge < -0.3 is 9.30 Å². The van der Waals surface area contributed by atoms with Crippen molar-refractivity contribution in [3.8, 4) is 5.88 Å². The number of hydrogen-bond acceptors (Lipinski definition) is 7. The second-order valence-electron chi connectivity index (χ2n) is 6.31. The summed E-state index contributed by atoms with van der Waals surface area (Å²) in [5.74, 6) is -0.765. The summed E-state index contributed by atoms with van der Waals surface area (Å²) in [6.07, 6.45) is 1.22. The molecule has 0 aliphatic rings. The Morgan fingerprint density at radius 3 is 2.72 bits per heavy atom. The minimum atomic E-state index is -3.86. The average molecular weight is 516 g/mol. The summed E-state index contributed by atoms with van der Waals surface area (Å²) in [5.41, 5.74) is 0.454. The summed E-state index contributed by atoms with van der Waals surface area (Å²) in [6, 6.07) is 8.35. The number of nitrogens with one attached hydrogen (secondary N) is 1. The number of benzene rings is 1. The van der Waals surface area contributed by atoms with Gasteiger partial charge in [0, 0.05) is 12.3 Å². The lowest BCUT2D eigenvalue weighted by atomic mass is 10.2. The van der Waals surface area contributed by atoms with Gasteiger partial charge in [0.25, 0.3) is 0 Å². The monoisotopic (exact) mass is 515 g/mol. The van der Waals surface area contributed by atoms with Crippen LogP contribution in [0.3, 0.4) is 0 Å². The molecule has 0 saturated carbocycles. The fraction of sp³-hybridized carbons (Fsp3) is 0.0526. The van der Waals surface area contributed by atoms with Crippen molar-refractivity contribution in [3.05, 3.63) is 75.7 Å². The first-order chi connectivity index (χ1) is 15.2. The first-order valence-electron chi connectivity index (χ1n) is 8.75. The van der Waals surface area contributed by atoms with Gasteiger partial charge in [-0.05, 0) is 29.1 Å². The Kier molecular flexibility index (Phi) is 6.29. The summed E-state index contributed by atoms with van der Waals surface area (Å²) >= 11 is 7.35. The molecule has 0 atom stereocenters. The van der Waals surface area contributed by atoms with E-state index in [1.54, 1.807) is 17.5 Å². The molecule has 13 heteroatoms. The van der Waals surface area contributed by atoms with E-state index in [9.17, 15) is 22.0 Å². The first-order valence-corrected chi connectivity index (χ1v) is 12.3. The Morgan fingerprint density at radius 1 is 1.25 bits per heavy atom. The molecule has 1 amide bonds. The first kappa shape index (κ1) is 22.4. The molecule has 1 aromatic carbocycles. The molecule has 0 radical (unpaired) electrons. The largest absolute Gasteiger partial charge is 0.420 e. The van der Waals surface area contributed by atoms with Crippen LogP contribution in [-0.2, 0) is 16.4 Å². The number of aromatic nitrogens is 2. The van der Waals surface area contributed by atoms with Crippen molar-refractivity contribution >= 4 is 55.3 Å². The Hall–Kier alpha value is -2.80. The highest BCUT2D eigenvalue weighted by atomic mass is 35.5. The molecule has 0 bridgehead atoms. The van der Waals surface area contributed by atoms with Crippen molar-refractivity contribution in [2.45, 2.75) is 15.6 Å². The number of ether oxygens (including phenoxy) is 1. The molecule has 7 nitrogen and oxygen atoms in total. The SMILES string of the molecule is O=C(Nc1ncc(F)s1)Oc1cc(S(=O)(=O)c2cccs2)cn1Cc1ccc(Cl)c(F)c1. The normalized spacial score (nSPS) is 11.5. The zero-order chi connectivity index (χ0) is 22.9. The van der Waals surface area contributed by atoms with Gasteiger partial charge in [-0.25, -0.2) is 22.6 Å². The van der Waals surface area contributed by atoms with E-state index in [1.807, 2.05) is 0 Å². The molecule has 0 fully saturated rings. The highest BCUT2D eigenvalue weighted by molar-refractivity contribution is 7.93. The molecule has 1 N–H and O–H groups in total. The number of carbonyl (C=O) groups excluding carboxylic acids is 1. The number of nitrogens with zero attached hydrogens (tertiary/aromatic N) is 2. The number of rotatable bonds is 6. The third-order valence-corrected chi connectivity index (χ3v) is 8.25. The fourth-order valence-corrected chi connectivity index (χ4v) is 5.77. The van der Waals surface area contributed by atoms with Crippen molar-refractivity contribution in [1.29, 1.82) is 0 Å².